The van der Waals surface area contributed by atoms with E-state index >= 15 is 0 Å². The van der Waals surface area contributed by atoms with E-state index in [-0.39, 0.29) is 23.4 Å². The van der Waals surface area contributed by atoms with Gasteiger partial charge >= 0.3 is 0 Å². The number of halogens is 1. The smallest absolute Gasteiger partial charge is 0.264 e. The minimum atomic E-state index is -3.93. The largest absolute Gasteiger partial charge is 0.348 e. The Labute approximate surface area is 192 Å². The van der Waals surface area contributed by atoms with Crippen molar-refractivity contribution in [3.8, 4) is 0 Å². The average molecular weight is 501 g/mol. The molecule has 0 aliphatic carbocycles. The van der Waals surface area contributed by atoms with Crippen LogP contribution in [0.25, 0.3) is 0 Å². The number of nitrogens with one attached hydrogen (secondary N) is 1. The lowest BCUT2D eigenvalue weighted by molar-refractivity contribution is -0.120. The second-order valence-corrected chi connectivity index (χ2v) is 10.0. The van der Waals surface area contributed by atoms with Gasteiger partial charge in [-0.05, 0) is 55.3 Å². The van der Waals surface area contributed by atoms with Gasteiger partial charge in [0.05, 0.1) is 16.6 Å². The lowest BCUT2D eigenvalue weighted by Gasteiger charge is -2.26. The maximum Gasteiger partial charge on any atom is 0.264 e. The summed E-state index contributed by atoms with van der Waals surface area (Å²) in [6.07, 6.45) is 0.693. The van der Waals surface area contributed by atoms with Gasteiger partial charge in [-0.15, -0.1) is 0 Å². The number of amides is 1. The van der Waals surface area contributed by atoms with Crippen LogP contribution in [-0.2, 0) is 14.8 Å². The highest BCUT2D eigenvalue weighted by Gasteiger charge is 2.28. The maximum absolute atomic E-state index is 13.4. The fourth-order valence-electron chi connectivity index (χ4n) is 3.24. The third-order valence-corrected chi connectivity index (χ3v) is 7.27. The molecule has 3 aromatic carbocycles. The number of carbonyl (C=O) groups excluding carboxylic acids is 1. The van der Waals surface area contributed by atoms with E-state index in [1.807, 2.05) is 44.2 Å². The van der Waals surface area contributed by atoms with Gasteiger partial charge in [0, 0.05) is 4.47 Å². The summed E-state index contributed by atoms with van der Waals surface area (Å²) >= 11 is 3.37. The Balaban J connectivity index is 1.90. The van der Waals surface area contributed by atoms with Crippen molar-refractivity contribution in [1.29, 1.82) is 0 Å². The first-order valence-electron chi connectivity index (χ1n) is 10.0. The van der Waals surface area contributed by atoms with Crippen LogP contribution in [0.2, 0.25) is 0 Å². The molecule has 31 heavy (non-hydrogen) atoms. The number of hydrogen-bond donors (Lipinski definition) is 1. The van der Waals surface area contributed by atoms with E-state index in [2.05, 4.69) is 21.2 Å². The number of aryl methyl sites for hydroxylation is 1. The highest BCUT2D eigenvalue weighted by molar-refractivity contribution is 9.10. The van der Waals surface area contributed by atoms with Crippen LogP contribution in [0.5, 0.6) is 0 Å². The molecule has 0 aromatic heterocycles. The number of nitrogens with zero attached hydrogens (tertiary/aromatic N) is 1. The molecule has 0 heterocycles. The number of benzene rings is 3. The highest BCUT2D eigenvalue weighted by Crippen LogP contribution is 2.26. The Bertz CT molecular complexity index is 1120. The Hall–Kier alpha value is -2.64. The van der Waals surface area contributed by atoms with Gasteiger partial charge in [-0.2, -0.15) is 0 Å². The summed E-state index contributed by atoms with van der Waals surface area (Å²) in [6, 6.07) is 22.9. The van der Waals surface area contributed by atoms with Gasteiger partial charge in [0.2, 0.25) is 5.91 Å². The van der Waals surface area contributed by atoms with Gasteiger partial charge in [0.1, 0.15) is 6.54 Å². The van der Waals surface area contributed by atoms with E-state index in [4.69, 9.17) is 0 Å². The van der Waals surface area contributed by atoms with Crippen LogP contribution in [0.1, 0.15) is 30.5 Å². The topological polar surface area (TPSA) is 66.5 Å². The standard InChI is InChI=1S/C24H25BrN2O3S/c1-3-23(19-7-5-4-6-8-19)26-24(28)17-27(21-13-11-20(25)12-14-21)31(29,30)22-15-9-18(2)10-16-22/h4-16,23H,3,17H2,1-2H3,(H,26,28)/t23-/m1/s1. The molecule has 162 valence electrons. The quantitative estimate of drug-likeness (QED) is 0.460. The van der Waals surface area contributed by atoms with E-state index in [9.17, 15) is 13.2 Å². The molecule has 0 radical (unpaired) electrons. The molecule has 3 aromatic rings. The molecule has 3 rings (SSSR count). The van der Waals surface area contributed by atoms with Gasteiger partial charge in [-0.1, -0.05) is 70.9 Å². The molecule has 0 spiro atoms. The summed E-state index contributed by atoms with van der Waals surface area (Å²) in [7, 11) is -3.93. The molecule has 1 amide bonds. The van der Waals surface area contributed by atoms with Crippen LogP contribution in [0, 0.1) is 6.92 Å². The molecule has 0 saturated carbocycles. The molecule has 0 unspecified atom stereocenters. The zero-order valence-corrected chi connectivity index (χ0v) is 19.9. The molecule has 0 aliphatic heterocycles. The second-order valence-electron chi connectivity index (χ2n) is 7.24. The van der Waals surface area contributed by atoms with Crippen LogP contribution in [-0.4, -0.2) is 20.9 Å². The normalized spacial score (nSPS) is 12.2. The second kappa shape index (κ2) is 10.1. The summed E-state index contributed by atoms with van der Waals surface area (Å²) in [6.45, 7) is 3.56. The first-order chi connectivity index (χ1) is 14.8. The lowest BCUT2D eigenvalue weighted by atomic mass is 10.0. The third-order valence-electron chi connectivity index (χ3n) is 4.96. The van der Waals surface area contributed by atoms with Gasteiger partial charge in [0.25, 0.3) is 10.0 Å². The van der Waals surface area contributed by atoms with Crippen molar-refractivity contribution in [3.63, 3.8) is 0 Å². The molecule has 1 N–H and O–H groups in total. The zero-order chi connectivity index (χ0) is 22.4. The fourth-order valence-corrected chi connectivity index (χ4v) is 4.92. The lowest BCUT2D eigenvalue weighted by Crippen LogP contribution is -2.42. The predicted molar refractivity (Wildman–Crippen MR) is 127 cm³/mol. The summed E-state index contributed by atoms with van der Waals surface area (Å²) in [5.41, 5.74) is 2.36. The molecule has 0 fully saturated rings. The predicted octanol–water partition coefficient (Wildman–Crippen LogP) is 5.22. The monoisotopic (exact) mass is 500 g/mol. The summed E-state index contributed by atoms with van der Waals surface area (Å²) in [5, 5.41) is 2.97. The van der Waals surface area contributed by atoms with Crippen molar-refractivity contribution in [3.05, 3.63) is 94.5 Å². The van der Waals surface area contributed by atoms with E-state index in [0.29, 0.717) is 12.1 Å². The molecular weight excluding hydrogens is 476 g/mol. The van der Waals surface area contributed by atoms with Crippen LogP contribution < -0.4 is 9.62 Å². The van der Waals surface area contributed by atoms with Gasteiger partial charge in [-0.25, -0.2) is 8.42 Å². The van der Waals surface area contributed by atoms with Crippen LogP contribution in [0.4, 0.5) is 5.69 Å². The minimum Gasteiger partial charge on any atom is -0.348 e. The van der Waals surface area contributed by atoms with E-state index in [0.717, 1.165) is 19.9 Å². The van der Waals surface area contributed by atoms with Crippen molar-refractivity contribution < 1.29 is 13.2 Å². The molecule has 5 nitrogen and oxygen atoms in total. The molecule has 7 heteroatoms. The van der Waals surface area contributed by atoms with Gasteiger partial charge in [0.15, 0.2) is 0 Å². The first kappa shape index (κ1) is 23.0. The number of hydrogen-bond acceptors (Lipinski definition) is 3. The number of carbonyl (C=O) groups is 1. The van der Waals surface area contributed by atoms with E-state index < -0.39 is 10.0 Å². The number of sulfonamides is 1. The highest BCUT2D eigenvalue weighted by atomic mass is 79.9. The minimum absolute atomic E-state index is 0.143. The Morgan fingerprint density at radius 1 is 0.968 bits per heavy atom. The molecule has 0 bridgehead atoms. The van der Waals surface area contributed by atoms with Crippen molar-refractivity contribution in [2.24, 2.45) is 0 Å². The number of anilines is 1. The Morgan fingerprint density at radius 2 is 1.58 bits per heavy atom. The number of rotatable bonds is 8. The van der Waals surface area contributed by atoms with Crippen molar-refractivity contribution in [2.75, 3.05) is 10.8 Å². The summed E-state index contributed by atoms with van der Waals surface area (Å²) < 4.78 is 28.8. The SMILES string of the molecule is CC[C@@H](NC(=O)CN(c1ccc(Br)cc1)S(=O)(=O)c1ccc(C)cc1)c1ccccc1. The third kappa shape index (κ3) is 5.74. The van der Waals surface area contributed by atoms with Crippen molar-refractivity contribution >= 4 is 37.5 Å². The van der Waals surface area contributed by atoms with Gasteiger partial charge in [-0.3, -0.25) is 9.10 Å². The van der Waals surface area contributed by atoms with E-state index in [1.54, 1.807) is 48.5 Å². The van der Waals surface area contributed by atoms with Crippen LogP contribution in [0.3, 0.4) is 0 Å². The average Bonchev–Trinajstić information content (AvgIpc) is 2.77. The first-order valence-corrected chi connectivity index (χ1v) is 12.2. The zero-order valence-electron chi connectivity index (χ0n) is 17.5. The van der Waals surface area contributed by atoms with E-state index in [1.165, 1.54) is 0 Å². The molecule has 0 aliphatic rings. The van der Waals surface area contributed by atoms with Crippen molar-refractivity contribution in [2.45, 2.75) is 31.2 Å². The summed E-state index contributed by atoms with van der Waals surface area (Å²) in [5.74, 6) is -0.366. The molecule has 0 saturated heterocycles. The van der Waals surface area contributed by atoms with Crippen LogP contribution >= 0.6 is 15.9 Å². The Morgan fingerprint density at radius 3 is 2.16 bits per heavy atom. The summed E-state index contributed by atoms with van der Waals surface area (Å²) in [4.78, 5) is 13.1. The van der Waals surface area contributed by atoms with Gasteiger partial charge < -0.3 is 5.32 Å². The maximum atomic E-state index is 13.4. The molecular formula is C24H25BrN2O3S. The Kier molecular flexibility index (Phi) is 7.51. The molecule has 1 atom stereocenters. The van der Waals surface area contributed by atoms with Crippen LogP contribution in [0.15, 0.2) is 88.2 Å². The van der Waals surface area contributed by atoms with Crippen molar-refractivity contribution in [1.82, 2.24) is 5.32 Å². The fraction of sp³-hybridized carbons (Fsp3) is 0.208.